The van der Waals surface area contributed by atoms with Crippen LogP contribution >= 0.6 is 0 Å². The molecule has 0 saturated heterocycles. The van der Waals surface area contributed by atoms with E-state index in [2.05, 4.69) is 5.32 Å². The van der Waals surface area contributed by atoms with Gasteiger partial charge in [-0.2, -0.15) is 0 Å². The van der Waals surface area contributed by atoms with Crippen molar-refractivity contribution in [2.24, 2.45) is 5.73 Å². The van der Waals surface area contributed by atoms with Crippen molar-refractivity contribution in [3.63, 3.8) is 0 Å². The predicted molar refractivity (Wildman–Crippen MR) is 71.9 cm³/mol. The van der Waals surface area contributed by atoms with Crippen LogP contribution in [0.15, 0.2) is 30.3 Å². The molecule has 18 heavy (non-hydrogen) atoms. The van der Waals surface area contributed by atoms with Gasteiger partial charge in [0, 0.05) is 17.2 Å². The highest BCUT2D eigenvalue weighted by Crippen LogP contribution is 2.06. The van der Waals surface area contributed by atoms with Gasteiger partial charge in [-0.3, -0.25) is 9.59 Å². The summed E-state index contributed by atoms with van der Waals surface area (Å²) in [6.45, 7) is 5.75. The SMILES string of the molecule is CC(C)(C)NC(=O)C=Cc1ccc(C(N)=O)cc1. The molecule has 0 bridgehead atoms. The second kappa shape index (κ2) is 5.49. The van der Waals surface area contributed by atoms with E-state index in [0.29, 0.717) is 5.56 Å². The van der Waals surface area contributed by atoms with Crippen LogP contribution in [-0.4, -0.2) is 17.4 Å². The number of amides is 2. The fraction of sp³-hybridized carbons (Fsp3) is 0.286. The van der Waals surface area contributed by atoms with E-state index in [4.69, 9.17) is 5.73 Å². The van der Waals surface area contributed by atoms with Gasteiger partial charge < -0.3 is 11.1 Å². The van der Waals surface area contributed by atoms with Crippen molar-refractivity contribution < 1.29 is 9.59 Å². The molecule has 0 spiro atoms. The third kappa shape index (κ3) is 4.82. The molecule has 0 fully saturated rings. The van der Waals surface area contributed by atoms with Gasteiger partial charge in [-0.15, -0.1) is 0 Å². The van der Waals surface area contributed by atoms with E-state index in [1.54, 1.807) is 30.3 Å². The maximum absolute atomic E-state index is 11.5. The van der Waals surface area contributed by atoms with Gasteiger partial charge in [-0.05, 0) is 44.5 Å². The van der Waals surface area contributed by atoms with E-state index in [0.717, 1.165) is 5.56 Å². The third-order valence-electron chi connectivity index (χ3n) is 2.12. The van der Waals surface area contributed by atoms with Gasteiger partial charge in [-0.25, -0.2) is 0 Å². The molecule has 1 rings (SSSR count). The Morgan fingerprint density at radius 1 is 1.17 bits per heavy atom. The smallest absolute Gasteiger partial charge is 0.248 e. The summed E-state index contributed by atoms with van der Waals surface area (Å²) >= 11 is 0. The van der Waals surface area contributed by atoms with Gasteiger partial charge in [0.15, 0.2) is 0 Å². The number of hydrogen-bond acceptors (Lipinski definition) is 2. The van der Waals surface area contributed by atoms with Crippen LogP contribution in [-0.2, 0) is 4.79 Å². The lowest BCUT2D eigenvalue weighted by Gasteiger charge is -2.18. The van der Waals surface area contributed by atoms with Crippen molar-refractivity contribution >= 4 is 17.9 Å². The first-order valence-electron chi connectivity index (χ1n) is 5.68. The molecule has 0 aliphatic heterocycles. The minimum absolute atomic E-state index is 0.151. The molecule has 0 aliphatic carbocycles. The highest BCUT2D eigenvalue weighted by atomic mass is 16.1. The molecule has 1 aromatic rings. The first-order chi connectivity index (χ1) is 8.28. The molecule has 4 heteroatoms. The molecular formula is C14H18N2O2. The summed E-state index contributed by atoms with van der Waals surface area (Å²) in [5.41, 5.74) is 6.17. The van der Waals surface area contributed by atoms with Gasteiger partial charge in [0.2, 0.25) is 11.8 Å². The van der Waals surface area contributed by atoms with Crippen LogP contribution in [0.5, 0.6) is 0 Å². The van der Waals surface area contributed by atoms with E-state index < -0.39 is 5.91 Å². The van der Waals surface area contributed by atoms with E-state index >= 15 is 0 Å². The molecule has 4 nitrogen and oxygen atoms in total. The first-order valence-corrected chi connectivity index (χ1v) is 5.68. The Morgan fingerprint density at radius 3 is 2.17 bits per heavy atom. The maximum atomic E-state index is 11.5. The summed E-state index contributed by atoms with van der Waals surface area (Å²) < 4.78 is 0. The van der Waals surface area contributed by atoms with Crippen molar-refractivity contribution in [1.82, 2.24) is 5.32 Å². The number of carbonyl (C=O) groups excluding carboxylic acids is 2. The fourth-order valence-electron chi connectivity index (χ4n) is 1.34. The number of primary amides is 1. The molecule has 0 atom stereocenters. The average Bonchev–Trinajstić information content (AvgIpc) is 2.24. The van der Waals surface area contributed by atoms with Crippen LogP contribution < -0.4 is 11.1 Å². The Kier molecular flexibility index (Phi) is 4.26. The van der Waals surface area contributed by atoms with Crippen molar-refractivity contribution in [2.75, 3.05) is 0 Å². The zero-order chi connectivity index (χ0) is 13.8. The number of rotatable bonds is 3. The van der Waals surface area contributed by atoms with Gasteiger partial charge in [0.25, 0.3) is 0 Å². The van der Waals surface area contributed by atoms with Gasteiger partial charge in [0.05, 0.1) is 0 Å². The van der Waals surface area contributed by atoms with Crippen LogP contribution in [0.4, 0.5) is 0 Å². The molecule has 0 aromatic heterocycles. The minimum atomic E-state index is -0.462. The normalized spacial score (nSPS) is 11.5. The molecule has 96 valence electrons. The van der Waals surface area contributed by atoms with Crippen molar-refractivity contribution in [1.29, 1.82) is 0 Å². The molecule has 1 aromatic carbocycles. The Hall–Kier alpha value is -2.10. The first kappa shape index (κ1) is 14.0. The highest BCUT2D eigenvalue weighted by Gasteiger charge is 2.10. The van der Waals surface area contributed by atoms with E-state index in [9.17, 15) is 9.59 Å². The number of nitrogens with two attached hydrogens (primary N) is 1. The van der Waals surface area contributed by atoms with Crippen LogP contribution in [0.25, 0.3) is 6.08 Å². The highest BCUT2D eigenvalue weighted by molar-refractivity contribution is 5.94. The van der Waals surface area contributed by atoms with Crippen molar-refractivity contribution in [3.05, 3.63) is 41.5 Å². The quantitative estimate of drug-likeness (QED) is 0.797. The zero-order valence-corrected chi connectivity index (χ0v) is 10.9. The Balaban J connectivity index is 2.67. The lowest BCUT2D eigenvalue weighted by atomic mass is 10.1. The van der Waals surface area contributed by atoms with Crippen molar-refractivity contribution in [3.8, 4) is 0 Å². The summed E-state index contributed by atoms with van der Waals surface area (Å²) in [5, 5.41) is 2.82. The van der Waals surface area contributed by atoms with Crippen LogP contribution in [0.2, 0.25) is 0 Å². The van der Waals surface area contributed by atoms with Crippen molar-refractivity contribution in [2.45, 2.75) is 26.3 Å². The van der Waals surface area contributed by atoms with Crippen LogP contribution in [0.3, 0.4) is 0 Å². The average molecular weight is 246 g/mol. The molecule has 0 aliphatic rings. The molecule has 3 N–H and O–H groups in total. The van der Waals surface area contributed by atoms with E-state index in [1.165, 1.54) is 6.08 Å². The zero-order valence-electron chi connectivity index (χ0n) is 10.9. The Morgan fingerprint density at radius 2 is 1.72 bits per heavy atom. The van der Waals surface area contributed by atoms with Gasteiger partial charge >= 0.3 is 0 Å². The number of carbonyl (C=O) groups is 2. The minimum Gasteiger partial charge on any atom is -0.366 e. The van der Waals surface area contributed by atoms with Gasteiger partial charge in [0.1, 0.15) is 0 Å². The molecule has 0 unspecified atom stereocenters. The summed E-state index contributed by atoms with van der Waals surface area (Å²) in [5.74, 6) is -0.613. The summed E-state index contributed by atoms with van der Waals surface area (Å²) in [6.07, 6.45) is 3.15. The summed E-state index contributed by atoms with van der Waals surface area (Å²) in [4.78, 5) is 22.4. The molecule has 0 saturated carbocycles. The number of benzene rings is 1. The molecule has 2 amide bonds. The summed E-state index contributed by atoms with van der Waals surface area (Å²) in [6, 6.07) is 6.73. The second-order valence-corrected chi connectivity index (χ2v) is 5.06. The molecule has 0 heterocycles. The second-order valence-electron chi connectivity index (χ2n) is 5.06. The molecular weight excluding hydrogens is 228 g/mol. The fourth-order valence-corrected chi connectivity index (χ4v) is 1.34. The third-order valence-corrected chi connectivity index (χ3v) is 2.12. The Labute approximate surface area is 107 Å². The number of nitrogens with one attached hydrogen (secondary N) is 1. The summed E-state index contributed by atoms with van der Waals surface area (Å²) in [7, 11) is 0. The Bertz CT molecular complexity index is 468. The van der Waals surface area contributed by atoms with E-state index in [1.807, 2.05) is 20.8 Å². The van der Waals surface area contributed by atoms with E-state index in [-0.39, 0.29) is 11.4 Å². The standard InChI is InChI=1S/C14H18N2O2/c1-14(2,3)16-12(17)9-6-10-4-7-11(8-5-10)13(15)18/h4-9H,1-3H3,(H2,15,18)(H,16,17). The lowest BCUT2D eigenvalue weighted by molar-refractivity contribution is -0.117. The van der Waals surface area contributed by atoms with Crippen LogP contribution in [0.1, 0.15) is 36.7 Å². The van der Waals surface area contributed by atoms with Gasteiger partial charge in [-0.1, -0.05) is 12.1 Å². The topological polar surface area (TPSA) is 72.2 Å². The lowest BCUT2D eigenvalue weighted by Crippen LogP contribution is -2.39. The largest absolute Gasteiger partial charge is 0.366 e. The predicted octanol–water partition coefficient (Wildman–Crippen LogP) is 1.71. The monoisotopic (exact) mass is 246 g/mol. The van der Waals surface area contributed by atoms with Crippen LogP contribution in [0, 0.1) is 0 Å². The maximum Gasteiger partial charge on any atom is 0.248 e. The number of hydrogen-bond donors (Lipinski definition) is 2. The molecule has 0 radical (unpaired) electrons.